The molecule has 0 spiro atoms. The molecule has 0 amide bonds. The highest BCUT2D eigenvalue weighted by Crippen LogP contribution is 2.26. The van der Waals surface area contributed by atoms with Crippen LogP contribution in [-0.2, 0) is 0 Å². The number of benzene rings is 3. The first-order valence-electron chi connectivity index (χ1n) is 9.86. The number of pyridine rings is 1. The van der Waals surface area contributed by atoms with Gasteiger partial charge in [-0.05, 0) is 40.5 Å². The van der Waals surface area contributed by atoms with Crippen molar-refractivity contribution in [2.45, 2.75) is 0 Å². The molecule has 0 saturated carbocycles. The molecule has 5 aromatic rings. The lowest BCUT2D eigenvalue weighted by molar-refractivity contribution is 1.18. The molecule has 5 rings (SSSR count). The fraction of sp³-hybridized carbons (Fsp3) is 0. The van der Waals surface area contributed by atoms with E-state index in [2.05, 4.69) is 82.8 Å². The van der Waals surface area contributed by atoms with Gasteiger partial charge in [-0.25, -0.2) is 9.97 Å². The van der Waals surface area contributed by atoms with Crippen molar-refractivity contribution in [3.8, 4) is 44.9 Å². The Labute approximate surface area is 175 Å². The molecule has 3 heteroatoms. The van der Waals surface area contributed by atoms with E-state index in [1.54, 1.807) is 0 Å². The molecule has 0 bridgehead atoms. The van der Waals surface area contributed by atoms with Crippen LogP contribution in [0.4, 0.5) is 0 Å². The minimum atomic E-state index is 0.727. The van der Waals surface area contributed by atoms with Crippen molar-refractivity contribution in [3.05, 3.63) is 116 Å². The van der Waals surface area contributed by atoms with E-state index < -0.39 is 0 Å². The standard InChI is InChI=1S/C27H19N3/c1-2-4-20(5-3-1)21-8-12-25(13-9-21)27-29-19-16-26(30-27)24-10-6-22(7-11-24)23-14-17-28-18-15-23/h1-19H. The first-order valence-corrected chi connectivity index (χ1v) is 9.86. The van der Waals surface area contributed by atoms with Crippen LogP contribution in [0.25, 0.3) is 44.9 Å². The molecule has 0 unspecified atom stereocenters. The fourth-order valence-corrected chi connectivity index (χ4v) is 3.48. The van der Waals surface area contributed by atoms with Gasteiger partial charge in [0.25, 0.3) is 0 Å². The first-order chi connectivity index (χ1) is 14.9. The van der Waals surface area contributed by atoms with Crippen molar-refractivity contribution < 1.29 is 0 Å². The van der Waals surface area contributed by atoms with E-state index in [4.69, 9.17) is 4.98 Å². The molecular formula is C27H19N3. The van der Waals surface area contributed by atoms with Crippen LogP contribution in [0.5, 0.6) is 0 Å². The van der Waals surface area contributed by atoms with Crippen LogP contribution in [-0.4, -0.2) is 15.0 Å². The van der Waals surface area contributed by atoms with Gasteiger partial charge in [-0.1, -0.05) is 78.9 Å². The van der Waals surface area contributed by atoms with Crippen LogP contribution < -0.4 is 0 Å². The van der Waals surface area contributed by atoms with Crippen LogP contribution in [0.2, 0.25) is 0 Å². The van der Waals surface area contributed by atoms with Crippen LogP contribution in [0.15, 0.2) is 116 Å². The van der Waals surface area contributed by atoms with Crippen molar-refractivity contribution in [3.63, 3.8) is 0 Å². The molecule has 0 aliphatic rings. The summed E-state index contributed by atoms with van der Waals surface area (Å²) in [6.45, 7) is 0. The lowest BCUT2D eigenvalue weighted by atomic mass is 10.0. The highest BCUT2D eigenvalue weighted by molar-refractivity contribution is 5.71. The number of aromatic nitrogens is 3. The van der Waals surface area contributed by atoms with Crippen molar-refractivity contribution in [1.29, 1.82) is 0 Å². The number of rotatable bonds is 4. The van der Waals surface area contributed by atoms with Gasteiger partial charge in [0.2, 0.25) is 0 Å². The van der Waals surface area contributed by atoms with E-state index in [9.17, 15) is 0 Å². The lowest BCUT2D eigenvalue weighted by Crippen LogP contribution is -1.92. The molecule has 0 aliphatic carbocycles. The van der Waals surface area contributed by atoms with Crippen LogP contribution >= 0.6 is 0 Å². The Balaban J connectivity index is 1.42. The predicted octanol–water partition coefficient (Wildman–Crippen LogP) is 6.54. The molecule has 0 saturated heterocycles. The number of hydrogen-bond donors (Lipinski definition) is 0. The quantitative estimate of drug-likeness (QED) is 0.352. The van der Waals surface area contributed by atoms with Gasteiger partial charge in [-0.2, -0.15) is 0 Å². The highest BCUT2D eigenvalue weighted by atomic mass is 14.9. The van der Waals surface area contributed by atoms with Gasteiger partial charge in [0.05, 0.1) is 5.69 Å². The maximum Gasteiger partial charge on any atom is 0.159 e. The smallest absolute Gasteiger partial charge is 0.159 e. The average Bonchev–Trinajstić information content (AvgIpc) is 2.85. The summed E-state index contributed by atoms with van der Waals surface area (Å²) in [5.74, 6) is 0.727. The minimum Gasteiger partial charge on any atom is -0.265 e. The summed E-state index contributed by atoms with van der Waals surface area (Å²) in [7, 11) is 0. The van der Waals surface area contributed by atoms with Crippen molar-refractivity contribution in [2.75, 3.05) is 0 Å². The van der Waals surface area contributed by atoms with E-state index in [-0.39, 0.29) is 0 Å². The second-order valence-corrected chi connectivity index (χ2v) is 7.02. The maximum absolute atomic E-state index is 4.80. The second-order valence-electron chi connectivity index (χ2n) is 7.02. The Morgan fingerprint density at radius 3 is 1.60 bits per heavy atom. The van der Waals surface area contributed by atoms with Gasteiger partial charge >= 0.3 is 0 Å². The number of nitrogens with zero attached hydrogens (tertiary/aromatic N) is 3. The van der Waals surface area contributed by atoms with Crippen LogP contribution in [0, 0.1) is 0 Å². The molecule has 0 radical (unpaired) electrons. The van der Waals surface area contributed by atoms with Gasteiger partial charge in [-0.15, -0.1) is 0 Å². The zero-order valence-electron chi connectivity index (χ0n) is 16.3. The minimum absolute atomic E-state index is 0.727. The average molecular weight is 385 g/mol. The monoisotopic (exact) mass is 385 g/mol. The molecular weight excluding hydrogens is 366 g/mol. The molecule has 0 N–H and O–H groups in total. The molecule has 3 nitrogen and oxygen atoms in total. The van der Waals surface area contributed by atoms with Crippen molar-refractivity contribution in [2.24, 2.45) is 0 Å². The van der Waals surface area contributed by atoms with Crippen molar-refractivity contribution >= 4 is 0 Å². The normalized spacial score (nSPS) is 10.7. The predicted molar refractivity (Wildman–Crippen MR) is 122 cm³/mol. The largest absolute Gasteiger partial charge is 0.265 e. The Kier molecular flexibility index (Phi) is 4.84. The second kappa shape index (κ2) is 8.10. The van der Waals surface area contributed by atoms with Gasteiger partial charge in [-0.3, -0.25) is 4.98 Å². The molecule has 0 atom stereocenters. The summed E-state index contributed by atoms with van der Waals surface area (Å²) in [5.41, 5.74) is 7.68. The van der Waals surface area contributed by atoms with Crippen LogP contribution in [0.3, 0.4) is 0 Å². The van der Waals surface area contributed by atoms with E-state index in [1.807, 2.05) is 42.9 Å². The first kappa shape index (κ1) is 18.0. The van der Waals surface area contributed by atoms with E-state index in [0.717, 1.165) is 33.8 Å². The van der Waals surface area contributed by atoms with E-state index in [1.165, 1.54) is 11.1 Å². The summed E-state index contributed by atoms with van der Waals surface area (Å²) in [4.78, 5) is 13.4. The zero-order valence-corrected chi connectivity index (χ0v) is 16.3. The fourth-order valence-electron chi connectivity index (χ4n) is 3.48. The van der Waals surface area contributed by atoms with E-state index >= 15 is 0 Å². The summed E-state index contributed by atoms with van der Waals surface area (Å²) in [6, 6.07) is 33.1. The van der Waals surface area contributed by atoms with Gasteiger partial charge in [0, 0.05) is 29.7 Å². The molecule has 0 fully saturated rings. The third kappa shape index (κ3) is 3.74. The van der Waals surface area contributed by atoms with Gasteiger partial charge in [0.15, 0.2) is 5.82 Å². The zero-order chi connectivity index (χ0) is 20.2. The summed E-state index contributed by atoms with van der Waals surface area (Å²) < 4.78 is 0. The van der Waals surface area contributed by atoms with Crippen LogP contribution in [0.1, 0.15) is 0 Å². The Morgan fingerprint density at radius 1 is 0.400 bits per heavy atom. The van der Waals surface area contributed by atoms with Crippen molar-refractivity contribution in [1.82, 2.24) is 15.0 Å². The Bertz CT molecular complexity index is 1150. The van der Waals surface area contributed by atoms with E-state index in [0.29, 0.717) is 0 Å². The summed E-state index contributed by atoms with van der Waals surface area (Å²) in [5, 5.41) is 0. The maximum atomic E-state index is 4.80. The highest BCUT2D eigenvalue weighted by Gasteiger charge is 2.06. The van der Waals surface area contributed by atoms with Gasteiger partial charge in [0.1, 0.15) is 0 Å². The summed E-state index contributed by atoms with van der Waals surface area (Å²) in [6.07, 6.45) is 5.44. The topological polar surface area (TPSA) is 38.7 Å². The van der Waals surface area contributed by atoms with Gasteiger partial charge < -0.3 is 0 Å². The Morgan fingerprint density at radius 2 is 0.933 bits per heavy atom. The molecule has 30 heavy (non-hydrogen) atoms. The molecule has 3 aromatic carbocycles. The Hall–Kier alpha value is -4.11. The summed E-state index contributed by atoms with van der Waals surface area (Å²) >= 11 is 0. The number of hydrogen-bond acceptors (Lipinski definition) is 3. The molecule has 142 valence electrons. The molecule has 2 heterocycles. The molecule has 2 aromatic heterocycles. The third-order valence-electron chi connectivity index (χ3n) is 5.10. The SMILES string of the molecule is c1ccc(-c2ccc(-c3nccc(-c4ccc(-c5ccncc5)cc4)n3)cc2)cc1. The molecule has 0 aliphatic heterocycles. The lowest BCUT2D eigenvalue weighted by Gasteiger charge is -2.07. The third-order valence-corrected chi connectivity index (χ3v) is 5.10.